The third-order valence-corrected chi connectivity index (χ3v) is 3.60. The first-order chi connectivity index (χ1) is 10.3. The monoisotopic (exact) mass is 301 g/mol. The van der Waals surface area contributed by atoms with Crippen LogP contribution in [0, 0.1) is 0 Å². The van der Waals surface area contributed by atoms with Crippen molar-refractivity contribution in [2.75, 3.05) is 19.0 Å². The summed E-state index contributed by atoms with van der Waals surface area (Å²) in [5.74, 6) is 1.57. The van der Waals surface area contributed by atoms with Crippen molar-refractivity contribution in [2.24, 2.45) is 0 Å². The van der Waals surface area contributed by atoms with Crippen molar-refractivity contribution in [1.29, 1.82) is 0 Å². The van der Waals surface area contributed by atoms with Crippen LogP contribution in [0.2, 0.25) is 0 Å². The highest BCUT2D eigenvalue weighted by atomic mass is 32.2. The van der Waals surface area contributed by atoms with Crippen LogP contribution < -0.4 is 10.1 Å². The first-order valence-corrected chi connectivity index (χ1v) is 7.40. The summed E-state index contributed by atoms with van der Waals surface area (Å²) >= 11 is 1.44. The van der Waals surface area contributed by atoms with Gasteiger partial charge in [-0.2, -0.15) is 0 Å². The maximum atomic E-state index is 5.49. The van der Waals surface area contributed by atoms with Gasteiger partial charge in [-0.3, -0.25) is 4.98 Å². The SMILES string of the molecule is CCOc1ccc2nc(Sc3cncc(NC)n3)[nH]c2c1. The summed E-state index contributed by atoms with van der Waals surface area (Å²) in [4.78, 5) is 16.3. The highest BCUT2D eigenvalue weighted by Crippen LogP contribution is 2.27. The molecule has 3 rings (SSSR count). The van der Waals surface area contributed by atoms with Crippen LogP contribution in [0.4, 0.5) is 5.82 Å². The normalized spacial score (nSPS) is 10.8. The third kappa shape index (κ3) is 3.08. The number of aromatic amines is 1. The molecule has 108 valence electrons. The lowest BCUT2D eigenvalue weighted by Gasteiger charge is -2.01. The van der Waals surface area contributed by atoms with Crippen molar-refractivity contribution in [2.45, 2.75) is 17.1 Å². The molecule has 0 unspecified atom stereocenters. The van der Waals surface area contributed by atoms with Gasteiger partial charge in [0.25, 0.3) is 0 Å². The van der Waals surface area contributed by atoms with Crippen LogP contribution in [-0.2, 0) is 0 Å². The molecule has 0 radical (unpaired) electrons. The molecule has 1 aromatic carbocycles. The Balaban J connectivity index is 1.86. The van der Waals surface area contributed by atoms with Gasteiger partial charge < -0.3 is 15.0 Å². The predicted molar refractivity (Wildman–Crippen MR) is 83.0 cm³/mol. The maximum Gasteiger partial charge on any atom is 0.172 e. The zero-order valence-electron chi connectivity index (χ0n) is 11.8. The molecule has 3 aromatic rings. The molecule has 2 N–H and O–H groups in total. The van der Waals surface area contributed by atoms with Crippen molar-refractivity contribution in [3.8, 4) is 5.75 Å². The molecule has 0 aliphatic carbocycles. The number of ether oxygens (including phenoxy) is 1. The second-order valence-electron chi connectivity index (χ2n) is 4.25. The third-order valence-electron chi connectivity index (χ3n) is 2.81. The fourth-order valence-corrected chi connectivity index (χ4v) is 2.65. The first-order valence-electron chi connectivity index (χ1n) is 6.58. The van der Waals surface area contributed by atoms with Gasteiger partial charge in [0.1, 0.15) is 16.6 Å². The van der Waals surface area contributed by atoms with Crippen molar-refractivity contribution < 1.29 is 4.74 Å². The minimum atomic E-state index is 0.646. The van der Waals surface area contributed by atoms with E-state index >= 15 is 0 Å². The van der Waals surface area contributed by atoms with Crippen LogP contribution in [0.25, 0.3) is 11.0 Å². The number of rotatable bonds is 5. The molecule has 0 amide bonds. The molecule has 2 aromatic heterocycles. The smallest absolute Gasteiger partial charge is 0.172 e. The maximum absolute atomic E-state index is 5.49. The topological polar surface area (TPSA) is 75.7 Å². The first kappa shape index (κ1) is 13.7. The summed E-state index contributed by atoms with van der Waals surface area (Å²) in [7, 11) is 1.81. The Bertz CT molecular complexity index is 758. The van der Waals surface area contributed by atoms with E-state index in [2.05, 4.69) is 25.3 Å². The molecule has 0 atom stereocenters. The zero-order chi connectivity index (χ0) is 14.7. The van der Waals surface area contributed by atoms with Crippen LogP contribution in [0.3, 0.4) is 0 Å². The number of nitrogens with one attached hydrogen (secondary N) is 2. The Morgan fingerprint density at radius 3 is 3.00 bits per heavy atom. The number of hydrogen-bond donors (Lipinski definition) is 2. The quantitative estimate of drug-likeness (QED) is 0.754. The fourth-order valence-electron chi connectivity index (χ4n) is 1.89. The molecule has 0 saturated heterocycles. The molecule has 0 spiro atoms. The lowest BCUT2D eigenvalue weighted by atomic mass is 10.3. The van der Waals surface area contributed by atoms with Crippen molar-refractivity contribution >= 4 is 28.6 Å². The minimum Gasteiger partial charge on any atom is -0.494 e. The molecule has 0 aliphatic heterocycles. The molecular formula is C14H15N5OS. The highest BCUT2D eigenvalue weighted by Gasteiger charge is 2.07. The van der Waals surface area contributed by atoms with Gasteiger partial charge in [-0.05, 0) is 30.8 Å². The van der Waals surface area contributed by atoms with Crippen LogP contribution in [0.1, 0.15) is 6.92 Å². The number of H-pyrrole nitrogens is 1. The number of fused-ring (bicyclic) bond motifs is 1. The molecule has 0 fully saturated rings. The number of aromatic nitrogens is 4. The predicted octanol–water partition coefficient (Wildman–Crippen LogP) is 2.94. The molecule has 0 bridgehead atoms. The van der Waals surface area contributed by atoms with Crippen molar-refractivity contribution in [3.63, 3.8) is 0 Å². The molecule has 6 nitrogen and oxygen atoms in total. The molecule has 0 aliphatic rings. The minimum absolute atomic E-state index is 0.646. The number of nitrogens with zero attached hydrogens (tertiary/aromatic N) is 3. The molecular weight excluding hydrogens is 286 g/mol. The van der Waals surface area contributed by atoms with E-state index in [1.807, 2.05) is 32.2 Å². The lowest BCUT2D eigenvalue weighted by molar-refractivity contribution is 0.340. The molecule has 0 saturated carbocycles. The molecule has 21 heavy (non-hydrogen) atoms. The van der Waals surface area contributed by atoms with Gasteiger partial charge in [0.15, 0.2) is 5.16 Å². The summed E-state index contributed by atoms with van der Waals surface area (Å²) in [6, 6.07) is 5.81. The van der Waals surface area contributed by atoms with Crippen LogP contribution in [-0.4, -0.2) is 33.6 Å². The van der Waals surface area contributed by atoms with E-state index in [4.69, 9.17) is 4.74 Å². The van der Waals surface area contributed by atoms with Gasteiger partial charge in [-0.25, -0.2) is 9.97 Å². The standard InChI is InChI=1S/C14H15N5OS/c1-3-20-9-4-5-10-11(6-9)18-14(17-10)21-13-8-16-7-12(15-2)19-13/h4-8H,3H2,1-2H3,(H,15,19)(H,17,18). The van der Waals surface area contributed by atoms with Crippen LogP contribution in [0.5, 0.6) is 5.75 Å². The average Bonchev–Trinajstić information content (AvgIpc) is 2.89. The van der Waals surface area contributed by atoms with Gasteiger partial charge in [0.05, 0.1) is 30.0 Å². The van der Waals surface area contributed by atoms with Gasteiger partial charge in [-0.1, -0.05) is 0 Å². The Morgan fingerprint density at radius 1 is 1.29 bits per heavy atom. The van der Waals surface area contributed by atoms with Gasteiger partial charge >= 0.3 is 0 Å². The Labute approximate surface area is 126 Å². The van der Waals surface area contributed by atoms with Gasteiger partial charge in [-0.15, -0.1) is 0 Å². The summed E-state index contributed by atoms with van der Waals surface area (Å²) in [6.45, 7) is 2.61. The fraction of sp³-hybridized carbons (Fsp3) is 0.214. The number of anilines is 1. The second-order valence-corrected chi connectivity index (χ2v) is 5.26. The Hall–Kier alpha value is -2.28. The second kappa shape index (κ2) is 6.01. The largest absolute Gasteiger partial charge is 0.494 e. The zero-order valence-corrected chi connectivity index (χ0v) is 12.6. The summed E-state index contributed by atoms with van der Waals surface area (Å²) in [5.41, 5.74) is 1.85. The van der Waals surface area contributed by atoms with Crippen LogP contribution >= 0.6 is 11.8 Å². The van der Waals surface area contributed by atoms with E-state index in [0.717, 1.165) is 32.8 Å². The molecule has 2 heterocycles. The number of benzene rings is 1. The van der Waals surface area contributed by atoms with Crippen molar-refractivity contribution in [1.82, 2.24) is 19.9 Å². The summed E-state index contributed by atoms with van der Waals surface area (Å²) in [5, 5.41) is 4.53. The number of imidazole rings is 1. The Morgan fingerprint density at radius 2 is 2.19 bits per heavy atom. The number of hydrogen-bond acceptors (Lipinski definition) is 6. The van der Waals surface area contributed by atoms with Crippen LogP contribution in [0.15, 0.2) is 40.8 Å². The Kier molecular flexibility index (Phi) is 3.92. The van der Waals surface area contributed by atoms with Gasteiger partial charge in [0.2, 0.25) is 0 Å². The molecule has 7 heteroatoms. The van der Waals surface area contributed by atoms with Gasteiger partial charge in [0, 0.05) is 13.1 Å². The van der Waals surface area contributed by atoms with E-state index in [1.54, 1.807) is 12.4 Å². The van der Waals surface area contributed by atoms with Crippen molar-refractivity contribution in [3.05, 3.63) is 30.6 Å². The van der Waals surface area contributed by atoms with E-state index in [0.29, 0.717) is 6.61 Å². The lowest BCUT2D eigenvalue weighted by Crippen LogP contribution is -1.94. The average molecular weight is 301 g/mol. The highest BCUT2D eigenvalue weighted by molar-refractivity contribution is 7.99. The van der Waals surface area contributed by atoms with E-state index in [1.165, 1.54) is 11.8 Å². The van der Waals surface area contributed by atoms with E-state index in [-0.39, 0.29) is 0 Å². The van der Waals surface area contributed by atoms with E-state index < -0.39 is 0 Å². The summed E-state index contributed by atoms with van der Waals surface area (Å²) in [6.07, 6.45) is 3.39. The van der Waals surface area contributed by atoms with E-state index in [9.17, 15) is 0 Å². The summed E-state index contributed by atoms with van der Waals surface area (Å²) < 4.78 is 5.49.